The number of aryl methyl sites for hydroxylation is 2. The predicted octanol–water partition coefficient (Wildman–Crippen LogP) is 3.21. The molecule has 0 bridgehead atoms. The number of rotatable bonds is 8. The minimum atomic E-state index is -3.60. The number of hydrogen-bond donors (Lipinski definition) is 1. The van der Waals surface area contributed by atoms with E-state index in [1.807, 2.05) is 13.0 Å². The van der Waals surface area contributed by atoms with Gasteiger partial charge >= 0.3 is 5.97 Å². The van der Waals surface area contributed by atoms with Crippen LogP contribution >= 0.6 is 11.3 Å². The van der Waals surface area contributed by atoms with Crippen LogP contribution in [0.3, 0.4) is 0 Å². The van der Waals surface area contributed by atoms with Gasteiger partial charge in [-0.3, -0.25) is 4.79 Å². The van der Waals surface area contributed by atoms with E-state index >= 15 is 0 Å². The minimum absolute atomic E-state index is 0.146. The standard InChI is InChI=1S/C22H28N2O6S2/c1-4-5-17-14-20(31-16(17)3)22(26)30-15(2)21(25)23-18-6-8-19(9-7-18)32(27,28)24-10-12-29-13-11-24/h6-9,14-15H,4-5,10-13H2,1-3H3,(H,23,25)/t15-/m1/s1. The van der Waals surface area contributed by atoms with Gasteiger partial charge in [0.05, 0.1) is 18.1 Å². The molecule has 0 saturated carbocycles. The van der Waals surface area contributed by atoms with Gasteiger partial charge < -0.3 is 14.8 Å². The van der Waals surface area contributed by atoms with Crippen LogP contribution in [0.2, 0.25) is 0 Å². The Balaban J connectivity index is 1.59. The molecule has 1 fully saturated rings. The molecule has 1 amide bonds. The van der Waals surface area contributed by atoms with Gasteiger partial charge in [-0.05, 0) is 56.2 Å². The van der Waals surface area contributed by atoms with Crippen LogP contribution in [0.15, 0.2) is 35.2 Å². The van der Waals surface area contributed by atoms with Gasteiger partial charge in [0, 0.05) is 23.7 Å². The van der Waals surface area contributed by atoms with E-state index in [4.69, 9.17) is 9.47 Å². The number of carbonyl (C=O) groups is 2. The number of morpholine rings is 1. The van der Waals surface area contributed by atoms with Gasteiger partial charge in [0.15, 0.2) is 6.10 Å². The molecular weight excluding hydrogens is 452 g/mol. The Morgan fingerprint density at radius 3 is 2.50 bits per heavy atom. The number of hydrogen-bond acceptors (Lipinski definition) is 7. The van der Waals surface area contributed by atoms with Crippen LogP contribution in [-0.2, 0) is 30.7 Å². The second-order valence-electron chi connectivity index (χ2n) is 7.52. The summed E-state index contributed by atoms with van der Waals surface area (Å²) < 4.78 is 37.3. The summed E-state index contributed by atoms with van der Waals surface area (Å²) in [7, 11) is -3.60. The van der Waals surface area contributed by atoms with Gasteiger partial charge in [0.1, 0.15) is 4.88 Å². The Morgan fingerprint density at radius 2 is 1.88 bits per heavy atom. The molecule has 174 valence electrons. The number of thiophene rings is 1. The molecule has 0 radical (unpaired) electrons. The second-order valence-corrected chi connectivity index (χ2v) is 10.7. The second kappa shape index (κ2) is 10.6. The van der Waals surface area contributed by atoms with E-state index in [1.54, 1.807) is 0 Å². The van der Waals surface area contributed by atoms with Crippen LogP contribution in [0.1, 0.15) is 40.4 Å². The molecule has 1 aliphatic heterocycles. The smallest absolute Gasteiger partial charge is 0.349 e. The Hall–Kier alpha value is -2.27. The molecule has 1 aromatic carbocycles. The molecule has 1 saturated heterocycles. The van der Waals surface area contributed by atoms with Crippen LogP contribution in [0.4, 0.5) is 5.69 Å². The highest BCUT2D eigenvalue weighted by Gasteiger charge is 2.26. The first-order chi connectivity index (χ1) is 15.2. The van der Waals surface area contributed by atoms with Crippen LogP contribution in [0.25, 0.3) is 0 Å². The van der Waals surface area contributed by atoms with E-state index in [-0.39, 0.29) is 4.90 Å². The Labute approximate surface area is 192 Å². The summed E-state index contributed by atoms with van der Waals surface area (Å²) in [4.78, 5) is 26.6. The van der Waals surface area contributed by atoms with Crippen molar-refractivity contribution in [3.8, 4) is 0 Å². The third-order valence-corrected chi connectivity index (χ3v) is 8.11. The van der Waals surface area contributed by atoms with E-state index in [0.717, 1.165) is 23.3 Å². The fourth-order valence-electron chi connectivity index (χ4n) is 3.30. The average molecular weight is 481 g/mol. The first-order valence-electron chi connectivity index (χ1n) is 10.5. The normalized spacial score (nSPS) is 15.8. The maximum Gasteiger partial charge on any atom is 0.349 e. The average Bonchev–Trinajstić information content (AvgIpc) is 3.15. The van der Waals surface area contributed by atoms with E-state index < -0.39 is 28.0 Å². The third-order valence-electron chi connectivity index (χ3n) is 5.12. The van der Waals surface area contributed by atoms with Crippen molar-refractivity contribution >= 4 is 38.9 Å². The quantitative estimate of drug-likeness (QED) is 0.582. The Morgan fingerprint density at radius 1 is 1.22 bits per heavy atom. The van der Waals surface area contributed by atoms with Crippen molar-refractivity contribution in [1.29, 1.82) is 0 Å². The lowest BCUT2D eigenvalue weighted by Crippen LogP contribution is -2.40. The zero-order chi connectivity index (χ0) is 23.3. The maximum atomic E-state index is 12.7. The number of sulfonamides is 1. The van der Waals surface area contributed by atoms with E-state index in [2.05, 4.69) is 12.2 Å². The van der Waals surface area contributed by atoms with Gasteiger partial charge in [-0.15, -0.1) is 11.3 Å². The molecule has 1 aromatic heterocycles. The van der Waals surface area contributed by atoms with Crippen LogP contribution in [-0.4, -0.2) is 57.0 Å². The molecule has 0 aliphatic carbocycles. The lowest BCUT2D eigenvalue weighted by Gasteiger charge is -2.26. The summed E-state index contributed by atoms with van der Waals surface area (Å²) in [6, 6.07) is 7.74. The molecule has 3 rings (SSSR count). The number of carbonyl (C=O) groups excluding carboxylic acids is 2. The van der Waals surface area contributed by atoms with Crippen molar-refractivity contribution < 1.29 is 27.5 Å². The lowest BCUT2D eigenvalue weighted by atomic mass is 10.1. The molecule has 32 heavy (non-hydrogen) atoms. The van der Waals surface area contributed by atoms with Crippen molar-refractivity contribution in [3.63, 3.8) is 0 Å². The largest absolute Gasteiger partial charge is 0.448 e. The third kappa shape index (κ3) is 5.74. The van der Waals surface area contributed by atoms with Crippen molar-refractivity contribution in [1.82, 2.24) is 4.31 Å². The number of benzene rings is 1. The first-order valence-corrected chi connectivity index (χ1v) is 12.8. The molecule has 8 nitrogen and oxygen atoms in total. The molecule has 2 heterocycles. The predicted molar refractivity (Wildman–Crippen MR) is 123 cm³/mol. The summed E-state index contributed by atoms with van der Waals surface area (Å²) in [5, 5.41) is 2.65. The SMILES string of the molecule is CCCc1cc(C(=O)O[C@H](C)C(=O)Nc2ccc(S(=O)(=O)N3CCOCC3)cc2)sc1C. The molecule has 10 heteroatoms. The Kier molecular flexibility index (Phi) is 8.05. The summed E-state index contributed by atoms with van der Waals surface area (Å²) in [5.41, 5.74) is 1.53. The van der Waals surface area contributed by atoms with Gasteiger partial charge in [-0.2, -0.15) is 4.31 Å². The van der Waals surface area contributed by atoms with Crippen LogP contribution < -0.4 is 5.32 Å². The fourth-order valence-corrected chi connectivity index (χ4v) is 5.66. The summed E-state index contributed by atoms with van der Waals surface area (Å²) >= 11 is 1.36. The van der Waals surface area contributed by atoms with Gasteiger partial charge in [0.25, 0.3) is 5.91 Å². The molecular formula is C22H28N2O6S2. The van der Waals surface area contributed by atoms with Crippen LogP contribution in [0.5, 0.6) is 0 Å². The molecule has 1 atom stereocenters. The molecule has 0 unspecified atom stereocenters. The summed E-state index contributed by atoms with van der Waals surface area (Å²) in [6.45, 7) is 6.90. The minimum Gasteiger partial charge on any atom is -0.448 e. The van der Waals surface area contributed by atoms with E-state index in [1.165, 1.54) is 46.8 Å². The maximum absolute atomic E-state index is 12.7. The van der Waals surface area contributed by atoms with Crippen molar-refractivity contribution in [2.45, 2.75) is 44.6 Å². The monoisotopic (exact) mass is 480 g/mol. The Bertz CT molecular complexity index is 1060. The molecule has 1 aliphatic rings. The first kappa shape index (κ1) is 24.4. The molecule has 0 spiro atoms. The summed E-state index contributed by atoms with van der Waals surface area (Å²) in [6.07, 6.45) is 0.872. The highest BCUT2D eigenvalue weighted by molar-refractivity contribution is 7.89. The highest BCUT2D eigenvalue weighted by Crippen LogP contribution is 2.24. The number of nitrogens with one attached hydrogen (secondary N) is 1. The zero-order valence-corrected chi connectivity index (χ0v) is 20.1. The van der Waals surface area contributed by atoms with Crippen molar-refractivity contribution in [2.24, 2.45) is 0 Å². The van der Waals surface area contributed by atoms with E-state index in [9.17, 15) is 18.0 Å². The number of anilines is 1. The van der Waals surface area contributed by atoms with Crippen molar-refractivity contribution in [3.05, 3.63) is 45.6 Å². The number of ether oxygens (including phenoxy) is 2. The topological polar surface area (TPSA) is 102 Å². The van der Waals surface area contributed by atoms with E-state index in [0.29, 0.717) is 36.9 Å². The number of nitrogens with zero attached hydrogens (tertiary/aromatic N) is 1. The van der Waals surface area contributed by atoms with Gasteiger partial charge in [0.2, 0.25) is 10.0 Å². The summed E-state index contributed by atoms with van der Waals surface area (Å²) in [5.74, 6) is -1.03. The van der Waals surface area contributed by atoms with Gasteiger partial charge in [-0.25, -0.2) is 13.2 Å². The van der Waals surface area contributed by atoms with Crippen LogP contribution in [0, 0.1) is 6.92 Å². The number of esters is 1. The fraction of sp³-hybridized carbons (Fsp3) is 0.455. The number of amides is 1. The highest BCUT2D eigenvalue weighted by atomic mass is 32.2. The zero-order valence-electron chi connectivity index (χ0n) is 18.4. The van der Waals surface area contributed by atoms with Gasteiger partial charge in [-0.1, -0.05) is 13.3 Å². The lowest BCUT2D eigenvalue weighted by molar-refractivity contribution is -0.123. The molecule has 2 aromatic rings. The van der Waals surface area contributed by atoms with Crippen molar-refractivity contribution in [2.75, 3.05) is 31.6 Å². The molecule has 1 N–H and O–H groups in total.